The van der Waals surface area contributed by atoms with Gasteiger partial charge in [-0.3, -0.25) is 4.98 Å². The lowest BCUT2D eigenvalue weighted by Crippen LogP contribution is -2.26. The van der Waals surface area contributed by atoms with Gasteiger partial charge in [-0.15, -0.1) is 0 Å². The Balaban J connectivity index is 1.75. The van der Waals surface area contributed by atoms with E-state index in [9.17, 15) is 0 Å². The number of rotatable bonds is 5. The Kier molecular flexibility index (Phi) is 3.06. The van der Waals surface area contributed by atoms with E-state index in [1.165, 1.54) is 12.8 Å². The highest BCUT2D eigenvalue weighted by Crippen LogP contribution is 2.25. The first kappa shape index (κ1) is 10.2. The average molecular weight is 207 g/mol. The first-order valence-corrected chi connectivity index (χ1v) is 5.30. The highest BCUT2D eigenvalue weighted by Gasteiger charge is 2.25. The second kappa shape index (κ2) is 4.49. The summed E-state index contributed by atoms with van der Waals surface area (Å²) in [5.74, 6) is 0.731. The van der Waals surface area contributed by atoms with Crippen LogP contribution in [-0.4, -0.2) is 36.1 Å². The topological polar surface area (TPSA) is 51.4 Å². The number of nitrogens with zero attached hydrogens (tertiary/aromatic N) is 2. The van der Waals surface area contributed by atoms with Gasteiger partial charge in [-0.1, -0.05) is 0 Å². The molecule has 0 aromatic carbocycles. The first-order valence-electron chi connectivity index (χ1n) is 5.30. The van der Waals surface area contributed by atoms with Gasteiger partial charge in [-0.05, 0) is 19.9 Å². The van der Waals surface area contributed by atoms with Gasteiger partial charge in [0.2, 0.25) is 0 Å². The fraction of sp³-hybridized carbons (Fsp3) is 0.545. The number of nitrogen functional groups attached to an aromatic ring is 1. The number of likely N-dealkylation sites (N-methyl/N-ethyl adjacent to an activating group) is 1. The van der Waals surface area contributed by atoms with Crippen LogP contribution >= 0.6 is 0 Å². The number of pyridine rings is 1. The van der Waals surface area contributed by atoms with E-state index in [0.717, 1.165) is 18.3 Å². The van der Waals surface area contributed by atoms with Crippen molar-refractivity contribution in [1.82, 2.24) is 9.88 Å². The summed E-state index contributed by atoms with van der Waals surface area (Å²) in [6.07, 6.45) is 5.96. The third kappa shape index (κ3) is 2.83. The molecule has 4 heteroatoms. The monoisotopic (exact) mass is 207 g/mol. The summed E-state index contributed by atoms with van der Waals surface area (Å²) in [6, 6.07) is 2.58. The lowest BCUT2D eigenvalue weighted by molar-refractivity contribution is 0.232. The van der Waals surface area contributed by atoms with E-state index in [-0.39, 0.29) is 0 Å². The minimum atomic E-state index is 0.603. The molecule has 2 N–H and O–H groups in total. The molecule has 0 saturated heterocycles. The summed E-state index contributed by atoms with van der Waals surface area (Å²) >= 11 is 0. The minimum Gasteiger partial charge on any atom is -0.490 e. The summed E-state index contributed by atoms with van der Waals surface area (Å²) in [6.45, 7) is 1.63. The van der Waals surface area contributed by atoms with Crippen molar-refractivity contribution in [2.45, 2.75) is 18.9 Å². The van der Waals surface area contributed by atoms with Crippen molar-refractivity contribution in [3.05, 3.63) is 18.5 Å². The van der Waals surface area contributed by atoms with Crippen molar-refractivity contribution in [3.8, 4) is 5.75 Å². The van der Waals surface area contributed by atoms with Crippen LogP contribution in [0.2, 0.25) is 0 Å². The van der Waals surface area contributed by atoms with Crippen LogP contribution in [0.3, 0.4) is 0 Å². The van der Waals surface area contributed by atoms with Crippen LogP contribution < -0.4 is 10.5 Å². The van der Waals surface area contributed by atoms with Gasteiger partial charge < -0.3 is 15.4 Å². The summed E-state index contributed by atoms with van der Waals surface area (Å²) in [5, 5.41) is 0. The molecule has 0 aliphatic heterocycles. The Morgan fingerprint density at radius 2 is 2.40 bits per heavy atom. The largest absolute Gasteiger partial charge is 0.490 e. The maximum absolute atomic E-state index is 5.71. The second-order valence-electron chi connectivity index (χ2n) is 3.97. The third-order valence-electron chi connectivity index (χ3n) is 2.68. The zero-order valence-corrected chi connectivity index (χ0v) is 9.02. The van der Waals surface area contributed by atoms with E-state index < -0.39 is 0 Å². The quantitative estimate of drug-likeness (QED) is 0.786. The van der Waals surface area contributed by atoms with Crippen molar-refractivity contribution in [2.75, 3.05) is 25.9 Å². The van der Waals surface area contributed by atoms with Crippen molar-refractivity contribution < 1.29 is 4.74 Å². The molecule has 0 radical (unpaired) electrons. The van der Waals surface area contributed by atoms with Crippen LogP contribution in [0.5, 0.6) is 5.75 Å². The summed E-state index contributed by atoms with van der Waals surface area (Å²) in [7, 11) is 2.14. The standard InChI is InChI=1S/C11H17N3O/c1-14(9-2-3-9)6-7-15-11-4-5-13-8-10(11)12/h4-5,8-9H,2-3,6-7,12H2,1H3. The molecule has 1 aliphatic rings. The number of ether oxygens (including phenoxy) is 1. The summed E-state index contributed by atoms with van der Waals surface area (Å²) < 4.78 is 5.58. The molecule has 1 saturated carbocycles. The predicted molar refractivity (Wildman–Crippen MR) is 59.8 cm³/mol. The SMILES string of the molecule is CN(CCOc1ccncc1N)C1CC1. The van der Waals surface area contributed by atoms with E-state index in [4.69, 9.17) is 10.5 Å². The van der Waals surface area contributed by atoms with Crippen LogP contribution in [0, 0.1) is 0 Å². The van der Waals surface area contributed by atoms with Gasteiger partial charge in [0.05, 0.1) is 11.9 Å². The molecular weight excluding hydrogens is 190 g/mol. The van der Waals surface area contributed by atoms with Gasteiger partial charge >= 0.3 is 0 Å². The number of hydrogen-bond donors (Lipinski definition) is 1. The molecule has 0 unspecified atom stereocenters. The third-order valence-corrected chi connectivity index (χ3v) is 2.68. The van der Waals surface area contributed by atoms with Crippen LogP contribution in [0.25, 0.3) is 0 Å². The second-order valence-corrected chi connectivity index (χ2v) is 3.97. The van der Waals surface area contributed by atoms with Gasteiger partial charge in [0.1, 0.15) is 12.4 Å². The fourth-order valence-corrected chi connectivity index (χ4v) is 1.52. The number of hydrogen-bond acceptors (Lipinski definition) is 4. The zero-order valence-electron chi connectivity index (χ0n) is 9.02. The predicted octanol–water partition coefficient (Wildman–Crippen LogP) is 1.14. The fourth-order valence-electron chi connectivity index (χ4n) is 1.52. The Hall–Kier alpha value is -1.29. The molecule has 2 rings (SSSR count). The van der Waals surface area contributed by atoms with Crippen LogP contribution in [0.15, 0.2) is 18.5 Å². The smallest absolute Gasteiger partial charge is 0.145 e. The maximum atomic E-state index is 5.71. The minimum absolute atomic E-state index is 0.603. The van der Waals surface area contributed by atoms with Crippen molar-refractivity contribution in [3.63, 3.8) is 0 Å². The molecule has 1 aromatic rings. The molecule has 1 aliphatic carbocycles. The van der Waals surface area contributed by atoms with Crippen molar-refractivity contribution in [1.29, 1.82) is 0 Å². The van der Waals surface area contributed by atoms with Gasteiger partial charge in [-0.2, -0.15) is 0 Å². The highest BCUT2D eigenvalue weighted by atomic mass is 16.5. The summed E-state index contributed by atoms with van der Waals surface area (Å²) in [5.41, 5.74) is 6.31. The molecule has 4 nitrogen and oxygen atoms in total. The highest BCUT2D eigenvalue weighted by molar-refractivity contribution is 5.49. The van der Waals surface area contributed by atoms with Gasteiger partial charge in [-0.25, -0.2) is 0 Å². The Morgan fingerprint density at radius 1 is 1.60 bits per heavy atom. The van der Waals surface area contributed by atoms with Crippen molar-refractivity contribution in [2.24, 2.45) is 0 Å². The lowest BCUT2D eigenvalue weighted by atomic mass is 10.4. The van der Waals surface area contributed by atoms with Gasteiger partial charge in [0.15, 0.2) is 0 Å². The lowest BCUT2D eigenvalue weighted by Gasteiger charge is -2.16. The average Bonchev–Trinajstić information content (AvgIpc) is 3.04. The molecular formula is C11H17N3O. The van der Waals surface area contributed by atoms with Crippen LogP contribution in [-0.2, 0) is 0 Å². The van der Waals surface area contributed by atoms with E-state index in [1.807, 2.05) is 0 Å². The van der Waals surface area contributed by atoms with Gasteiger partial charge in [0, 0.05) is 24.8 Å². The van der Waals surface area contributed by atoms with E-state index in [1.54, 1.807) is 18.5 Å². The van der Waals surface area contributed by atoms with Crippen LogP contribution in [0.1, 0.15) is 12.8 Å². The summed E-state index contributed by atoms with van der Waals surface area (Å²) in [4.78, 5) is 6.24. The molecule has 1 aromatic heterocycles. The maximum Gasteiger partial charge on any atom is 0.145 e. The molecule has 15 heavy (non-hydrogen) atoms. The Labute approximate surface area is 90.0 Å². The van der Waals surface area contributed by atoms with E-state index in [0.29, 0.717) is 12.3 Å². The molecule has 0 amide bonds. The molecule has 0 atom stereocenters. The zero-order chi connectivity index (χ0) is 10.7. The van der Waals surface area contributed by atoms with E-state index in [2.05, 4.69) is 16.9 Å². The van der Waals surface area contributed by atoms with E-state index >= 15 is 0 Å². The Morgan fingerprint density at radius 3 is 3.07 bits per heavy atom. The molecule has 1 fully saturated rings. The number of anilines is 1. The Bertz CT molecular complexity index is 325. The normalized spacial score (nSPS) is 15.6. The molecule has 0 spiro atoms. The van der Waals surface area contributed by atoms with Gasteiger partial charge in [0.25, 0.3) is 0 Å². The number of nitrogens with two attached hydrogens (primary N) is 1. The molecule has 1 heterocycles. The van der Waals surface area contributed by atoms with Crippen molar-refractivity contribution >= 4 is 5.69 Å². The molecule has 0 bridgehead atoms. The van der Waals surface area contributed by atoms with Crippen LogP contribution in [0.4, 0.5) is 5.69 Å². The molecule has 82 valence electrons. The first-order chi connectivity index (χ1) is 7.27. The number of aromatic nitrogens is 1.